The lowest BCUT2D eigenvalue weighted by molar-refractivity contribution is 0.0517. The predicted molar refractivity (Wildman–Crippen MR) is 118 cm³/mol. The molecular formula is C25H27N3O2. The number of hydrogen-bond acceptors (Lipinski definition) is 3. The monoisotopic (exact) mass is 401 g/mol. The molecule has 3 aromatic rings. The third-order valence-electron chi connectivity index (χ3n) is 5.81. The number of nitrogens with zero attached hydrogens (tertiary/aromatic N) is 3. The SMILES string of the molecule is CCCN(C(=O)c1nccc2ccccc12)C1CCN(C(=O)c2ccccc2)CC1. The molecule has 5 heteroatoms. The number of carbonyl (C=O) groups excluding carboxylic acids is 2. The summed E-state index contributed by atoms with van der Waals surface area (Å²) in [6, 6.07) is 19.3. The molecule has 0 saturated carbocycles. The van der Waals surface area contributed by atoms with Crippen LogP contribution >= 0.6 is 0 Å². The Labute approximate surface area is 177 Å². The summed E-state index contributed by atoms with van der Waals surface area (Å²) in [4.78, 5) is 34.5. The second kappa shape index (κ2) is 9.08. The minimum atomic E-state index is -0.0125. The van der Waals surface area contributed by atoms with Crippen LogP contribution in [0.2, 0.25) is 0 Å². The molecule has 0 unspecified atom stereocenters. The molecule has 5 nitrogen and oxygen atoms in total. The normalized spacial score (nSPS) is 14.6. The number of amides is 2. The molecule has 1 saturated heterocycles. The van der Waals surface area contributed by atoms with E-state index in [4.69, 9.17) is 0 Å². The number of carbonyl (C=O) groups is 2. The first kappa shape index (κ1) is 20.1. The molecule has 2 heterocycles. The number of hydrogen-bond donors (Lipinski definition) is 0. The highest BCUT2D eigenvalue weighted by Crippen LogP contribution is 2.23. The minimum absolute atomic E-state index is 0.0125. The van der Waals surface area contributed by atoms with Gasteiger partial charge in [-0.15, -0.1) is 0 Å². The summed E-state index contributed by atoms with van der Waals surface area (Å²) >= 11 is 0. The number of likely N-dealkylation sites (tertiary alicyclic amines) is 1. The quantitative estimate of drug-likeness (QED) is 0.637. The molecule has 2 amide bonds. The molecule has 0 spiro atoms. The first-order valence-corrected chi connectivity index (χ1v) is 10.7. The highest BCUT2D eigenvalue weighted by molar-refractivity contribution is 6.05. The second-order valence-corrected chi connectivity index (χ2v) is 7.77. The van der Waals surface area contributed by atoms with Gasteiger partial charge in [0.15, 0.2) is 0 Å². The summed E-state index contributed by atoms with van der Waals surface area (Å²) in [7, 11) is 0. The van der Waals surface area contributed by atoms with Gasteiger partial charge in [0.05, 0.1) is 0 Å². The van der Waals surface area contributed by atoms with E-state index in [0.29, 0.717) is 25.3 Å². The van der Waals surface area contributed by atoms with E-state index >= 15 is 0 Å². The van der Waals surface area contributed by atoms with E-state index in [1.54, 1.807) is 6.20 Å². The second-order valence-electron chi connectivity index (χ2n) is 7.77. The first-order chi connectivity index (χ1) is 14.7. The van der Waals surface area contributed by atoms with Crippen molar-refractivity contribution in [2.45, 2.75) is 32.2 Å². The van der Waals surface area contributed by atoms with Gasteiger partial charge in [-0.3, -0.25) is 14.6 Å². The molecule has 1 fully saturated rings. The van der Waals surface area contributed by atoms with Crippen LogP contribution in [0.15, 0.2) is 66.9 Å². The molecule has 1 aliphatic rings. The molecule has 0 radical (unpaired) electrons. The van der Waals surface area contributed by atoms with Crippen LogP contribution in [0, 0.1) is 0 Å². The highest BCUT2D eigenvalue weighted by Gasteiger charge is 2.31. The van der Waals surface area contributed by atoms with E-state index in [9.17, 15) is 9.59 Å². The number of fused-ring (bicyclic) bond motifs is 1. The maximum atomic E-state index is 13.5. The summed E-state index contributed by atoms with van der Waals surface area (Å²) in [5.41, 5.74) is 1.24. The van der Waals surface area contributed by atoms with Crippen molar-refractivity contribution in [3.63, 3.8) is 0 Å². The summed E-state index contributed by atoms with van der Waals surface area (Å²) in [5, 5.41) is 1.92. The Morgan fingerprint density at radius 1 is 1.00 bits per heavy atom. The van der Waals surface area contributed by atoms with Crippen LogP contribution in [0.1, 0.15) is 47.0 Å². The number of piperidine rings is 1. The van der Waals surface area contributed by atoms with Crippen molar-refractivity contribution in [1.29, 1.82) is 0 Å². The largest absolute Gasteiger partial charge is 0.338 e. The fourth-order valence-corrected chi connectivity index (χ4v) is 4.26. The third kappa shape index (κ3) is 4.06. The Kier molecular flexibility index (Phi) is 6.07. The number of pyridine rings is 1. The maximum Gasteiger partial charge on any atom is 0.273 e. The van der Waals surface area contributed by atoms with Crippen LogP contribution in [0.25, 0.3) is 10.8 Å². The average Bonchev–Trinajstić information content (AvgIpc) is 2.82. The van der Waals surface area contributed by atoms with E-state index < -0.39 is 0 Å². The topological polar surface area (TPSA) is 53.5 Å². The van der Waals surface area contributed by atoms with Crippen molar-refractivity contribution in [2.24, 2.45) is 0 Å². The van der Waals surface area contributed by atoms with Gasteiger partial charge >= 0.3 is 0 Å². The standard InChI is InChI=1S/C25H27N3O2/c1-2-16-28(25(30)23-22-11-7-6-8-19(22)12-15-26-23)21-13-17-27(18-14-21)24(29)20-9-4-3-5-10-20/h3-12,15,21H,2,13-14,16-18H2,1H3. The summed E-state index contributed by atoms with van der Waals surface area (Å²) in [5.74, 6) is 0.0552. The van der Waals surface area contributed by atoms with E-state index in [0.717, 1.165) is 35.6 Å². The molecule has 0 atom stereocenters. The lowest BCUT2D eigenvalue weighted by atomic mass is 10.0. The van der Waals surface area contributed by atoms with Crippen molar-refractivity contribution < 1.29 is 9.59 Å². The van der Waals surface area contributed by atoms with Crippen LogP contribution in [0.4, 0.5) is 0 Å². The van der Waals surface area contributed by atoms with Crippen LogP contribution < -0.4 is 0 Å². The minimum Gasteiger partial charge on any atom is -0.338 e. The number of rotatable bonds is 5. The summed E-state index contributed by atoms with van der Waals surface area (Å²) in [6.07, 6.45) is 4.17. The summed E-state index contributed by atoms with van der Waals surface area (Å²) < 4.78 is 0. The Bertz CT molecular complexity index is 1020. The van der Waals surface area contributed by atoms with Crippen LogP contribution in [0.3, 0.4) is 0 Å². The fraction of sp³-hybridized carbons (Fsp3) is 0.320. The molecular weight excluding hydrogens is 374 g/mol. The Morgan fingerprint density at radius 2 is 1.70 bits per heavy atom. The van der Waals surface area contributed by atoms with Crippen molar-refractivity contribution in [2.75, 3.05) is 19.6 Å². The molecule has 0 N–H and O–H groups in total. The fourth-order valence-electron chi connectivity index (χ4n) is 4.26. The van der Waals surface area contributed by atoms with Crippen molar-refractivity contribution in [3.05, 3.63) is 78.1 Å². The van der Waals surface area contributed by atoms with E-state index in [1.165, 1.54) is 0 Å². The van der Waals surface area contributed by atoms with Gasteiger partial charge in [0.2, 0.25) is 0 Å². The third-order valence-corrected chi connectivity index (χ3v) is 5.81. The molecule has 0 bridgehead atoms. The molecule has 1 aliphatic heterocycles. The molecule has 1 aromatic heterocycles. The summed E-state index contributed by atoms with van der Waals surface area (Å²) in [6.45, 7) is 4.11. The van der Waals surface area contributed by atoms with Gasteiger partial charge in [-0.1, -0.05) is 49.4 Å². The first-order valence-electron chi connectivity index (χ1n) is 10.7. The van der Waals surface area contributed by atoms with Crippen LogP contribution in [-0.4, -0.2) is 52.3 Å². The van der Waals surface area contributed by atoms with Crippen molar-refractivity contribution in [3.8, 4) is 0 Å². The van der Waals surface area contributed by atoms with Gasteiger partial charge < -0.3 is 9.80 Å². The molecule has 4 rings (SSSR count). The Balaban J connectivity index is 1.50. The highest BCUT2D eigenvalue weighted by atomic mass is 16.2. The van der Waals surface area contributed by atoms with Gasteiger partial charge in [0, 0.05) is 42.8 Å². The Morgan fingerprint density at radius 3 is 2.43 bits per heavy atom. The van der Waals surface area contributed by atoms with Gasteiger partial charge in [0.25, 0.3) is 11.8 Å². The van der Waals surface area contributed by atoms with Crippen molar-refractivity contribution in [1.82, 2.24) is 14.8 Å². The molecule has 154 valence electrons. The zero-order valence-corrected chi connectivity index (χ0v) is 17.3. The molecule has 0 aliphatic carbocycles. The van der Waals surface area contributed by atoms with E-state index in [1.807, 2.05) is 70.5 Å². The van der Waals surface area contributed by atoms with Crippen LogP contribution in [0.5, 0.6) is 0 Å². The number of benzene rings is 2. The van der Waals surface area contributed by atoms with E-state index in [-0.39, 0.29) is 17.9 Å². The van der Waals surface area contributed by atoms with Gasteiger partial charge in [-0.2, -0.15) is 0 Å². The van der Waals surface area contributed by atoms with Crippen molar-refractivity contribution >= 4 is 22.6 Å². The Hall–Kier alpha value is -3.21. The smallest absolute Gasteiger partial charge is 0.273 e. The average molecular weight is 402 g/mol. The van der Waals surface area contributed by atoms with Crippen LogP contribution in [-0.2, 0) is 0 Å². The maximum absolute atomic E-state index is 13.5. The predicted octanol–water partition coefficient (Wildman–Crippen LogP) is 4.39. The zero-order valence-electron chi connectivity index (χ0n) is 17.3. The van der Waals surface area contributed by atoms with E-state index in [2.05, 4.69) is 11.9 Å². The molecule has 30 heavy (non-hydrogen) atoms. The van der Waals surface area contributed by atoms with Gasteiger partial charge in [-0.05, 0) is 42.8 Å². The lowest BCUT2D eigenvalue weighted by Crippen LogP contribution is -2.49. The lowest BCUT2D eigenvalue weighted by Gasteiger charge is -2.38. The van der Waals surface area contributed by atoms with Gasteiger partial charge in [0.1, 0.15) is 5.69 Å². The number of aromatic nitrogens is 1. The molecule has 2 aromatic carbocycles. The van der Waals surface area contributed by atoms with Gasteiger partial charge in [-0.25, -0.2) is 0 Å². The zero-order chi connectivity index (χ0) is 20.9.